The van der Waals surface area contributed by atoms with E-state index in [1.165, 1.54) is 31.4 Å². The van der Waals surface area contributed by atoms with Crippen molar-refractivity contribution in [3.8, 4) is 0 Å². The molecule has 108 valence electrons. The minimum Gasteiger partial charge on any atom is -0.330 e. The van der Waals surface area contributed by atoms with Crippen LogP contribution in [0.4, 0.5) is 0 Å². The molecule has 1 N–H and O–H groups in total. The molecule has 1 fully saturated rings. The van der Waals surface area contributed by atoms with Crippen LogP contribution in [0.3, 0.4) is 0 Å². The number of rotatable bonds is 5. The van der Waals surface area contributed by atoms with Crippen molar-refractivity contribution in [1.29, 1.82) is 0 Å². The van der Waals surface area contributed by atoms with Gasteiger partial charge in [0.15, 0.2) is 0 Å². The number of nitrogens with one attached hydrogen (secondary N) is 1. The highest BCUT2D eigenvalue weighted by atomic mass is 15.1. The first kappa shape index (κ1) is 14.6. The summed E-state index contributed by atoms with van der Waals surface area (Å²) in [6.07, 6.45) is 9.40. The Morgan fingerprint density at radius 2 is 2.21 bits per heavy atom. The van der Waals surface area contributed by atoms with Gasteiger partial charge >= 0.3 is 0 Å². The molecule has 1 aromatic rings. The predicted molar refractivity (Wildman–Crippen MR) is 80.1 cm³/mol. The Kier molecular flexibility index (Phi) is 4.67. The van der Waals surface area contributed by atoms with Crippen molar-refractivity contribution < 1.29 is 0 Å². The van der Waals surface area contributed by atoms with Gasteiger partial charge in [-0.2, -0.15) is 0 Å². The first-order valence-electron chi connectivity index (χ1n) is 7.72. The fourth-order valence-electron chi connectivity index (χ4n) is 3.23. The van der Waals surface area contributed by atoms with Crippen LogP contribution in [0.25, 0.3) is 0 Å². The topological polar surface area (TPSA) is 29.9 Å². The molecule has 0 spiro atoms. The zero-order chi connectivity index (χ0) is 13.9. The van der Waals surface area contributed by atoms with Crippen molar-refractivity contribution in [1.82, 2.24) is 14.9 Å². The van der Waals surface area contributed by atoms with Gasteiger partial charge in [-0.1, -0.05) is 40.5 Å². The second-order valence-electron chi connectivity index (χ2n) is 7.07. The number of hydrogen-bond acceptors (Lipinski definition) is 2. The van der Waals surface area contributed by atoms with Crippen molar-refractivity contribution in [3.63, 3.8) is 0 Å². The van der Waals surface area contributed by atoms with Crippen molar-refractivity contribution in [2.45, 2.75) is 66.0 Å². The Hall–Kier alpha value is -0.830. The van der Waals surface area contributed by atoms with Crippen LogP contribution in [0.2, 0.25) is 0 Å². The highest BCUT2D eigenvalue weighted by Gasteiger charge is 2.34. The summed E-state index contributed by atoms with van der Waals surface area (Å²) in [7, 11) is 0. The van der Waals surface area contributed by atoms with Gasteiger partial charge in [0, 0.05) is 18.8 Å². The van der Waals surface area contributed by atoms with Crippen LogP contribution < -0.4 is 5.32 Å². The summed E-state index contributed by atoms with van der Waals surface area (Å²) < 4.78 is 2.42. The molecule has 1 heterocycles. The van der Waals surface area contributed by atoms with Crippen LogP contribution in [-0.4, -0.2) is 16.1 Å². The maximum atomic E-state index is 4.38. The van der Waals surface area contributed by atoms with E-state index < -0.39 is 0 Å². The van der Waals surface area contributed by atoms with Gasteiger partial charge in [0.2, 0.25) is 0 Å². The molecule has 0 aliphatic heterocycles. The summed E-state index contributed by atoms with van der Waals surface area (Å²) in [5.74, 6) is 0.697. The molecule has 1 aliphatic rings. The van der Waals surface area contributed by atoms with Gasteiger partial charge in [-0.15, -0.1) is 0 Å². The molecule has 0 amide bonds. The van der Waals surface area contributed by atoms with Crippen LogP contribution in [0, 0.1) is 11.3 Å². The van der Waals surface area contributed by atoms with Crippen LogP contribution >= 0.6 is 0 Å². The molecule has 0 aromatic carbocycles. The van der Waals surface area contributed by atoms with Gasteiger partial charge in [0.25, 0.3) is 0 Å². The van der Waals surface area contributed by atoms with Gasteiger partial charge in [-0.3, -0.25) is 0 Å². The Labute approximate surface area is 117 Å². The second-order valence-corrected chi connectivity index (χ2v) is 7.07. The lowest BCUT2D eigenvalue weighted by atomic mass is 9.73. The standard InChI is InChI=1S/C16H29N3/c1-13(2)9-17-10-14-11-18-12-19(14)15-7-5-6-8-16(15,3)4/h11-13,15,17H,5-10H2,1-4H3. The minimum absolute atomic E-state index is 0.395. The van der Waals surface area contributed by atoms with Crippen LogP contribution in [0.1, 0.15) is 65.1 Å². The quantitative estimate of drug-likeness (QED) is 0.876. The molecule has 1 saturated carbocycles. The van der Waals surface area contributed by atoms with Crippen LogP contribution in [0.15, 0.2) is 12.5 Å². The van der Waals surface area contributed by atoms with E-state index in [0.717, 1.165) is 13.1 Å². The van der Waals surface area contributed by atoms with Gasteiger partial charge in [0.05, 0.1) is 12.0 Å². The lowest BCUT2D eigenvalue weighted by Crippen LogP contribution is -2.32. The van der Waals surface area contributed by atoms with Crippen LogP contribution in [0.5, 0.6) is 0 Å². The summed E-state index contributed by atoms with van der Waals surface area (Å²) in [5, 5.41) is 3.53. The molecule has 3 heteroatoms. The van der Waals surface area contributed by atoms with E-state index in [0.29, 0.717) is 17.4 Å². The van der Waals surface area contributed by atoms with Gasteiger partial charge in [0.1, 0.15) is 0 Å². The largest absolute Gasteiger partial charge is 0.330 e. The molecule has 0 radical (unpaired) electrons. The maximum absolute atomic E-state index is 4.38. The van der Waals surface area contributed by atoms with Crippen LogP contribution in [-0.2, 0) is 6.54 Å². The Morgan fingerprint density at radius 1 is 1.42 bits per heavy atom. The van der Waals surface area contributed by atoms with Crippen molar-refractivity contribution in [2.75, 3.05) is 6.54 Å². The smallest absolute Gasteiger partial charge is 0.0951 e. The average Bonchev–Trinajstić information content (AvgIpc) is 2.76. The molecule has 1 atom stereocenters. The molecule has 0 bridgehead atoms. The van der Waals surface area contributed by atoms with E-state index >= 15 is 0 Å². The predicted octanol–water partition coefficient (Wildman–Crippen LogP) is 3.77. The summed E-state index contributed by atoms with van der Waals surface area (Å²) >= 11 is 0. The van der Waals surface area contributed by atoms with Gasteiger partial charge in [-0.25, -0.2) is 4.98 Å². The van der Waals surface area contributed by atoms with Crippen molar-refractivity contribution in [2.24, 2.45) is 11.3 Å². The lowest BCUT2D eigenvalue weighted by Gasteiger charge is -2.40. The number of nitrogens with zero attached hydrogens (tertiary/aromatic N) is 2. The molecular weight excluding hydrogens is 234 g/mol. The van der Waals surface area contributed by atoms with E-state index in [1.54, 1.807) is 0 Å². The number of imidazole rings is 1. The first-order chi connectivity index (χ1) is 9.00. The van der Waals surface area contributed by atoms with E-state index in [2.05, 4.69) is 42.6 Å². The molecule has 3 nitrogen and oxygen atoms in total. The number of aromatic nitrogens is 2. The summed E-state index contributed by atoms with van der Waals surface area (Å²) in [6.45, 7) is 11.3. The van der Waals surface area contributed by atoms with Gasteiger partial charge in [-0.05, 0) is 30.7 Å². The average molecular weight is 263 g/mol. The third-order valence-electron chi connectivity index (χ3n) is 4.39. The monoisotopic (exact) mass is 263 g/mol. The highest BCUT2D eigenvalue weighted by molar-refractivity contribution is 5.03. The Balaban J connectivity index is 2.05. The fourth-order valence-corrected chi connectivity index (χ4v) is 3.23. The van der Waals surface area contributed by atoms with E-state index in [9.17, 15) is 0 Å². The Bertz CT molecular complexity index is 392. The highest BCUT2D eigenvalue weighted by Crippen LogP contribution is 2.44. The third kappa shape index (κ3) is 3.59. The zero-order valence-electron chi connectivity index (χ0n) is 12.9. The van der Waals surface area contributed by atoms with Gasteiger partial charge < -0.3 is 9.88 Å². The molecule has 1 unspecified atom stereocenters. The van der Waals surface area contributed by atoms with Crippen molar-refractivity contribution in [3.05, 3.63) is 18.2 Å². The normalized spacial score (nSPS) is 22.9. The molecule has 2 rings (SSSR count). The Morgan fingerprint density at radius 3 is 2.89 bits per heavy atom. The molecule has 19 heavy (non-hydrogen) atoms. The zero-order valence-corrected chi connectivity index (χ0v) is 12.9. The maximum Gasteiger partial charge on any atom is 0.0951 e. The molecule has 1 aliphatic carbocycles. The summed E-state index contributed by atoms with van der Waals surface area (Å²) in [6, 6.07) is 0.611. The summed E-state index contributed by atoms with van der Waals surface area (Å²) in [5.41, 5.74) is 1.73. The lowest BCUT2D eigenvalue weighted by molar-refractivity contribution is 0.141. The SMILES string of the molecule is CC(C)CNCc1cncn1C1CCCCC1(C)C. The van der Waals surface area contributed by atoms with E-state index in [1.807, 2.05) is 12.5 Å². The molecular formula is C16H29N3. The third-order valence-corrected chi connectivity index (χ3v) is 4.39. The minimum atomic E-state index is 0.395. The molecule has 1 aromatic heterocycles. The summed E-state index contributed by atoms with van der Waals surface area (Å²) in [4.78, 5) is 4.38. The molecule has 0 saturated heterocycles. The van der Waals surface area contributed by atoms with Crippen molar-refractivity contribution >= 4 is 0 Å². The fraction of sp³-hybridized carbons (Fsp3) is 0.812. The number of hydrogen-bond donors (Lipinski definition) is 1. The first-order valence-corrected chi connectivity index (χ1v) is 7.72. The van der Waals surface area contributed by atoms with E-state index in [4.69, 9.17) is 0 Å². The second kappa shape index (κ2) is 6.08. The van der Waals surface area contributed by atoms with E-state index in [-0.39, 0.29) is 0 Å².